The van der Waals surface area contributed by atoms with Crippen molar-refractivity contribution in [1.82, 2.24) is 5.32 Å². The zero-order valence-corrected chi connectivity index (χ0v) is 10.9. The van der Waals surface area contributed by atoms with Crippen LogP contribution in [0.2, 0.25) is 0 Å². The van der Waals surface area contributed by atoms with Gasteiger partial charge in [-0.25, -0.2) is 4.39 Å². The summed E-state index contributed by atoms with van der Waals surface area (Å²) in [4.78, 5) is 0. The standard InChI is InChI=1S/C14H22FNO/c1-4-8-16-14(3,7-9-17)12-6-5-11(2)13(15)10-12/h5-6,10,16-17H,4,7-9H2,1-3H3. The Hall–Kier alpha value is -0.930. The molecule has 96 valence electrons. The molecule has 0 saturated carbocycles. The summed E-state index contributed by atoms with van der Waals surface area (Å²) >= 11 is 0. The lowest BCUT2D eigenvalue weighted by Gasteiger charge is -2.31. The second kappa shape index (κ2) is 6.12. The van der Waals surface area contributed by atoms with Crippen molar-refractivity contribution >= 4 is 0 Å². The van der Waals surface area contributed by atoms with Gasteiger partial charge in [0.05, 0.1) is 0 Å². The monoisotopic (exact) mass is 239 g/mol. The first-order valence-electron chi connectivity index (χ1n) is 6.16. The Balaban J connectivity index is 2.99. The maximum Gasteiger partial charge on any atom is 0.126 e. The zero-order chi connectivity index (χ0) is 12.9. The highest BCUT2D eigenvalue weighted by atomic mass is 19.1. The summed E-state index contributed by atoms with van der Waals surface area (Å²) in [5, 5.41) is 12.5. The van der Waals surface area contributed by atoms with Gasteiger partial charge in [-0.15, -0.1) is 0 Å². The molecule has 3 heteroatoms. The first-order chi connectivity index (χ1) is 8.03. The van der Waals surface area contributed by atoms with E-state index < -0.39 is 0 Å². The Bertz CT molecular complexity index is 367. The summed E-state index contributed by atoms with van der Waals surface area (Å²) in [5.41, 5.74) is 1.18. The molecule has 1 atom stereocenters. The van der Waals surface area contributed by atoms with Gasteiger partial charge < -0.3 is 10.4 Å². The normalized spacial score (nSPS) is 14.6. The number of rotatable bonds is 6. The van der Waals surface area contributed by atoms with Gasteiger partial charge >= 0.3 is 0 Å². The third-order valence-electron chi connectivity index (χ3n) is 3.19. The smallest absolute Gasteiger partial charge is 0.126 e. The third kappa shape index (κ3) is 3.51. The highest BCUT2D eigenvalue weighted by molar-refractivity contribution is 5.29. The molecule has 0 amide bonds. The molecular weight excluding hydrogens is 217 g/mol. The number of nitrogens with one attached hydrogen (secondary N) is 1. The van der Waals surface area contributed by atoms with Gasteiger partial charge in [-0.2, -0.15) is 0 Å². The topological polar surface area (TPSA) is 32.3 Å². The van der Waals surface area contributed by atoms with Crippen LogP contribution in [-0.2, 0) is 5.54 Å². The number of aliphatic hydroxyl groups excluding tert-OH is 1. The minimum absolute atomic E-state index is 0.0860. The predicted molar refractivity (Wildman–Crippen MR) is 68.5 cm³/mol. The van der Waals surface area contributed by atoms with Crippen LogP contribution in [0.15, 0.2) is 18.2 Å². The lowest BCUT2D eigenvalue weighted by molar-refractivity contribution is 0.221. The number of hydrogen-bond donors (Lipinski definition) is 2. The maximum absolute atomic E-state index is 13.6. The van der Waals surface area contributed by atoms with Crippen molar-refractivity contribution < 1.29 is 9.50 Å². The van der Waals surface area contributed by atoms with Gasteiger partial charge in [0.25, 0.3) is 0 Å². The number of aryl methyl sites for hydroxylation is 1. The Morgan fingerprint density at radius 1 is 1.41 bits per heavy atom. The molecule has 1 unspecified atom stereocenters. The molecule has 0 bridgehead atoms. The summed E-state index contributed by atoms with van der Waals surface area (Å²) in [5.74, 6) is -0.190. The van der Waals surface area contributed by atoms with Gasteiger partial charge in [0.15, 0.2) is 0 Å². The predicted octanol–water partition coefficient (Wildman–Crippen LogP) is 2.73. The first kappa shape index (κ1) is 14.1. The highest BCUT2D eigenvalue weighted by Gasteiger charge is 2.25. The van der Waals surface area contributed by atoms with E-state index in [2.05, 4.69) is 12.2 Å². The fraction of sp³-hybridized carbons (Fsp3) is 0.571. The van der Waals surface area contributed by atoms with Crippen molar-refractivity contribution in [2.75, 3.05) is 13.2 Å². The summed E-state index contributed by atoms with van der Waals surface area (Å²) in [6, 6.07) is 5.28. The van der Waals surface area contributed by atoms with Gasteiger partial charge in [0.1, 0.15) is 5.82 Å². The van der Waals surface area contributed by atoms with Crippen LogP contribution >= 0.6 is 0 Å². The zero-order valence-electron chi connectivity index (χ0n) is 10.9. The molecule has 1 rings (SSSR count). The van der Waals surface area contributed by atoms with Crippen LogP contribution in [-0.4, -0.2) is 18.3 Å². The minimum atomic E-state index is -0.362. The Labute approximate surface area is 103 Å². The fourth-order valence-corrected chi connectivity index (χ4v) is 1.90. The molecular formula is C14H22FNO. The van der Waals surface area contributed by atoms with E-state index in [1.54, 1.807) is 19.1 Å². The van der Waals surface area contributed by atoms with Crippen molar-refractivity contribution in [2.24, 2.45) is 0 Å². The van der Waals surface area contributed by atoms with Crippen molar-refractivity contribution in [3.8, 4) is 0 Å². The molecule has 2 nitrogen and oxygen atoms in total. The number of halogens is 1. The number of benzene rings is 1. The second-order valence-electron chi connectivity index (χ2n) is 4.70. The molecule has 0 aliphatic rings. The lowest BCUT2D eigenvalue weighted by atomic mass is 9.88. The highest BCUT2D eigenvalue weighted by Crippen LogP contribution is 2.26. The molecule has 0 aromatic heterocycles. The van der Waals surface area contributed by atoms with E-state index >= 15 is 0 Å². The van der Waals surface area contributed by atoms with Gasteiger partial charge in [-0.3, -0.25) is 0 Å². The van der Waals surface area contributed by atoms with E-state index in [4.69, 9.17) is 5.11 Å². The van der Waals surface area contributed by atoms with Crippen LogP contribution in [0.25, 0.3) is 0 Å². The van der Waals surface area contributed by atoms with Gasteiger partial charge in [0.2, 0.25) is 0 Å². The summed E-state index contributed by atoms with van der Waals surface area (Å²) < 4.78 is 13.6. The van der Waals surface area contributed by atoms with Crippen molar-refractivity contribution in [3.05, 3.63) is 35.1 Å². The third-order valence-corrected chi connectivity index (χ3v) is 3.19. The average Bonchev–Trinajstić information content (AvgIpc) is 2.30. The lowest BCUT2D eigenvalue weighted by Crippen LogP contribution is -2.41. The molecule has 0 aliphatic carbocycles. The van der Waals surface area contributed by atoms with Crippen LogP contribution in [0.5, 0.6) is 0 Å². The summed E-state index contributed by atoms with van der Waals surface area (Å²) in [7, 11) is 0. The molecule has 1 aromatic rings. The summed E-state index contributed by atoms with van der Waals surface area (Å²) in [6.45, 7) is 6.78. The van der Waals surface area contributed by atoms with Gasteiger partial charge in [-0.05, 0) is 50.4 Å². The van der Waals surface area contributed by atoms with Gasteiger partial charge in [0, 0.05) is 12.1 Å². The van der Waals surface area contributed by atoms with E-state index in [0.29, 0.717) is 12.0 Å². The van der Waals surface area contributed by atoms with Crippen molar-refractivity contribution in [3.63, 3.8) is 0 Å². The SMILES string of the molecule is CCCNC(C)(CCO)c1ccc(C)c(F)c1. The van der Waals surface area contributed by atoms with E-state index in [1.807, 2.05) is 13.0 Å². The molecule has 0 radical (unpaired) electrons. The van der Waals surface area contributed by atoms with Crippen LogP contribution in [0.1, 0.15) is 37.8 Å². The quantitative estimate of drug-likeness (QED) is 0.800. The molecule has 0 fully saturated rings. The molecule has 1 aromatic carbocycles. The molecule has 2 N–H and O–H groups in total. The average molecular weight is 239 g/mol. The van der Waals surface area contributed by atoms with E-state index in [1.165, 1.54) is 0 Å². The molecule has 17 heavy (non-hydrogen) atoms. The van der Waals surface area contributed by atoms with Crippen LogP contribution in [0.4, 0.5) is 4.39 Å². The Kier molecular flexibility index (Phi) is 5.09. The van der Waals surface area contributed by atoms with Gasteiger partial charge in [-0.1, -0.05) is 19.1 Å². The Morgan fingerprint density at radius 3 is 2.65 bits per heavy atom. The molecule has 0 spiro atoms. The fourth-order valence-electron chi connectivity index (χ4n) is 1.90. The number of hydrogen-bond acceptors (Lipinski definition) is 2. The van der Waals surface area contributed by atoms with Crippen LogP contribution < -0.4 is 5.32 Å². The van der Waals surface area contributed by atoms with E-state index in [0.717, 1.165) is 18.5 Å². The summed E-state index contributed by atoms with van der Waals surface area (Å²) in [6.07, 6.45) is 1.59. The maximum atomic E-state index is 13.6. The minimum Gasteiger partial charge on any atom is -0.396 e. The van der Waals surface area contributed by atoms with Crippen molar-refractivity contribution in [1.29, 1.82) is 0 Å². The molecule has 0 saturated heterocycles. The Morgan fingerprint density at radius 2 is 2.12 bits per heavy atom. The molecule has 0 heterocycles. The van der Waals surface area contributed by atoms with Crippen LogP contribution in [0, 0.1) is 12.7 Å². The molecule has 0 aliphatic heterocycles. The van der Waals surface area contributed by atoms with E-state index in [9.17, 15) is 4.39 Å². The number of aliphatic hydroxyl groups is 1. The first-order valence-corrected chi connectivity index (χ1v) is 6.16. The largest absolute Gasteiger partial charge is 0.396 e. The van der Waals surface area contributed by atoms with E-state index in [-0.39, 0.29) is 18.0 Å². The van der Waals surface area contributed by atoms with Crippen molar-refractivity contribution in [2.45, 2.75) is 39.2 Å². The van der Waals surface area contributed by atoms with Crippen LogP contribution in [0.3, 0.4) is 0 Å². The second-order valence-corrected chi connectivity index (χ2v) is 4.70.